The van der Waals surface area contributed by atoms with Gasteiger partial charge in [0.05, 0.1) is 6.04 Å². The molecule has 0 fully saturated rings. The van der Waals surface area contributed by atoms with Gasteiger partial charge in [-0.1, -0.05) is 36.4 Å². The Kier molecular flexibility index (Phi) is 4.39. The first-order chi connectivity index (χ1) is 11.1. The van der Waals surface area contributed by atoms with E-state index in [9.17, 15) is 9.59 Å². The number of rotatable bonds is 3. The number of ketones is 1. The van der Waals surface area contributed by atoms with Crippen molar-refractivity contribution in [1.29, 1.82) is 0 Å². The summed E-state index contributed by atoms with van der Waals surface area (Å²) >= 11 is 1.55. The monoisotopic (exact) mass is 325 g/mol. The van der Waals surface area contributed by atoms with Gasteiger partial charge in [0.2, 0.25) is 0 Å². The van der Waals surface area contributed by atoms with Crippen LogP contribution in [0.15, 0.2) is 71.8 Å². The number of benzene rings is 1. The van der Waals surface area contributed by atoms with Gasteiger partial charge in [-0.05, 0) is 30.5 Å². The van der Waals surface area contributed by atoms with E-state index in [0.29, 0.717) is 11.3 Å². The van der Waals surface area contributed by atoms with Gasteiger partial charge in [0, 0.05) is 16.7 Å². The van der Waals surface area contributed by atoms with Crippen LogP contribution in [-0.2, 0) is 4.79 Å². The SMILES string of the molecule is CC(=O)C1=CN(C(=O)Oc2ccccc2)C(c2cccs2)C=C1. The molecule has 1 aromatic carbocycles. The second-order valence-corrected chi connectivity index (χ2v) is 6.03. The van der Waals surface area contributed by atoms with Gasteiger partial charge in [-0.25, -0.2) is 4.79 Å². The molecule has 3 rings (SSSR count). The van der Waals surface area contributed by atoms with Crippen molar-refractivity contribution >= 4 is 23.2 Å². The lowest BCUT2D eigenvalue weighted by molar-refractivity contribution is -0.113. The van der Waals surface area contributed by atoms with Crippen LogP contribution in [-0.4, -0.2) is 16.8 Å². The largest absolute Gasteiger partial charge is 0.420 e. The van der Waals surface area contributed by atoms with E-state index in [4.69, 9.17) is 4.74 Å². The minimum absolute atomic E-state index is 0.0941. The number of carbonyl (C=O) groups is 2. The number of thiophene rings is 1. The van der Waals surface area contributed by atoms with Crippen LogP contribution in [0.25, 0.3) is 0 Å². The van der Waals surface area contributed by atoms with E-state index >= 15 is 0 Å². The number of ether oxygens (including phenoxy) is 1. The fraction of sp³-hybridized carbons (Fsp3) is 0.111. The van der Waals surface area contributed by atoms with Crippen LogP contribution >= 0.6 is 11.3 Å². The average Bonchev–Trinajstić information content (AvgIpc) is 3.09. The van der Waals surface area contributed by atoms with Crippen molar-refractivity contribution < 1.29 is 14.3 Å². The predicted octanol–water partition coefficient (Wildman–Crippen LogP) is 4.33. The number of hydrogen-bond acceptors (Lipinski definition) is 4. The van der Waals surface area contributed by atoms with Gasteiger partial charge in [-0.15, -0.1) is 11.3 Å². The summed E-state index contributed by atoms with van der Waals surface area (Å²) in [6.45, 7) is 1.47. The van der Waals surface area contributed by atoms with Crippen molar-refractivity contribution in [2.75, 3.05) is 0 Å². The van der Waals surface area contributed by atoms with Gasteiger partial charge < -0.3 is 4.74 Å². The molecule has 1 aromatic heterocycles. The Bertz CT molecular complexity index is 763. The van der Waals surface area contributed by atoms with E-state index in [2.05, 4.69) is 0 Å². The maximum Gasteiger partial charge on any atom is 0.420 e. The van der Waals surface area contributed by atoms with Gasteiger partial charge in [-0.2, -0.15) is 0 Å². The number of amides is 1. The lowest BCUT2D eigenvalue weighted by Gasteiger charge is -2.28. The summed E-state index contributed by atoms with van der Waals surface area (Å²) in [7, 11) is 0. The molecule has 5 heteroatoms. The second-order valence-electron chi connectivity index (χ2n) is 5.05. The van der Waals surface area contributed by atoms with E-state index in [1.807, 2.05) is 29.7 Å². The molecule has 0 N–H and O–H groups in total. The Hall–Kier alpha value is -2.66. The number of hydrogen-bond donors (Lipinski definition) is 0. The van der Waals surface area contributed by atoms with E-state index < -0.39 is 6.09 Å². The molecule has 1 unspecified atom stereocenters. The van der Waals surface area contributed by atoms with E-state index in [-0.39, 0.29) is 11.8 Å². The van der Waals surface area contributed by atoms with E-state index in [0.717, 1.165) is 4.88 Å². The molecule has 0 bridgehead atoms. The first-order valence-corrected chi connectivity index (χ1v) is 8.02. The molecule has 2 aromatic rings. The van der Waals surface area contributed by atoms with Gasteiger partial charge in [0.15, 0.2) is 5.78 Å². The molecule has 0 aliphatic carbocycles. The van der Waals surface area contributed by atoms with Crippen molar-refractivity contribution in [1.82, 2.24) is 4.90 Å². The molecule has 1 atom stereocenters. The lowest BCUT2D eigenvalue weighted by atomic mass is 10.1. The normalized spacial score (nSPS) is 16.8. The highest BCUT2D eigenvalue weighted by Gasteiger charge is 2.27. The third-order valence-corrected chi connectivity index (χ3v) is 4.38. The predicted molar refractivity (Wildman–Crippen MR) is 89.3 cm³/mol. The third kappa shape index (κ3) is 3.40. The number of para-hydroxylation sites is 1. The molecule has 0 saturated carbocycles. The van der Waals surface area contributed by atoms with Crippen molar-refractivity contribution in [2.24, 2.45) is 0 Å². The fourth-order valence-electron chi connectivity index (χ4n) is 2.27. The van der Waals surface area contributed by atoms with Gasteiger partial charge in [0.25, 0.3) is 0 Å². The standard InChI is InChI=1S/C18H15NO3S/c1-13(20)14-9-10-16(17-8-5-11-23-17)19(12-14)18(21)22-15-6-3-2-4-7-15/h2-12,16H,1H3. The molecular weight excluding hydrogens is 310 g/mol. The van der Waals surface area contributed by atoms with Crippen LogP contribution < -0.4 is 4.74 Å². The fourth-order valence-corrected chi connectivity index (χ4v) is 3.07. The Morgan fingerprint density at radius 3 is 2.57 bits per heavy atom. The topological polar surface area (TPSA) is 46.6 Å². The number of allylic oxidation sites excluding steroid dienone is 2. The maximum atomic E-state index is 12.6. The Morgan fingerprint density at radius 2 is 1.91 bits per heavy atom. The van der Waals surface area contributed by atoms with E-state index in [1.165, 1.54) is 11.8 Å². The number of carbonyl (C=O) groups excluding carboxylic acids is 2. The van der Waals surface area contributed by atoms with Gasteiger partial charge in [-0.3, -0.25) is 9.69 Å². The minimum atomic E-state index is -0.516. The summed E-state index contributed by atoms with van der Waals surface area (Å²) in [5, 5.41) is 1.95. The molecule has 23 heavy (non-hydrogen) atoms. The van der Waals surface area contributed by atoms with Crippen LogP contribution in [0, 0.1) is 0 Å². The molecule has 4 nitrogen and oxygen atoms in total. The zero-order valence-electron chi connectivity index (χ0n) is 12.5. The summed E-state index contributed by atoms with van der Waals surface area (Å²) in [5.74, 6) is 0.373. The first kappa shape index (κ1) is 15.2. The third-order valence-electron chi connectivity index (χ3n) is 3.44. The molecule has 1 amide bonds. The number of Topliss-reactive ketones (excluding diaryl/α,β-unsaturated/α-hetero) is 1. The van der Waals surface area contributed by atoms with Gasteiger partial charge >= 0.3 is 6.09 Å². The quantitative estimate of drug-likeness (QED) is 0.843. The van der Waals surface area contributed by atoms with Crippen LogP contribution in [0.5, 0.6) is 5.75 Å². The van der Waals surface area contributed by atoms with E-state index in [1.54, 1.807) is 47.9 Å². The van der Waals surface area contributed by atoms with Crippen molar-refractivity contribution in [2.45, 2.75) is 13.0 Å². The lowest BCUT2D eigenvalue weighted by Crippen LogP contribution is -2.33. The molecule has 0 radical (unpaired) electrons. The zero-order chi connectivity index (χ0) is 16.2. The minimum Gasteiger partial charge on any atom is -0.410 e. The molecule has 0 saturated heterocycles. The van der Waals surface area contributed by atoms with Crippen LogP contribution in [0.2, 0.25) is 0 Å². The zero-order valence-corrected chi connectivity index (χ0v) is 13.3. The summed E-state index contributed by atoms with van der Waals surface area (Å²) in [6, 6.07) is 12.5. The summed E-state index contributed by atoms with van der Waals surface area (Å²) in [5.41, 5.74) is 0.475. The summed E-state index contributed by atoms with van der Waals surface area (Å²) in [6.07, 6.45) is 4.63. The van der Waals surface area contributed by atoms with Gasteiger partial charge in [0.1, 0.15) is 5.75 Å². The molecule has 0 spiro atoms. The summed E-state index contributed by atoms with van der Waals surface area (Å²) < 4.78 is 5.41. The molecular formula is C18H15NO3S. The van der Waals surface area contributed by atoms with Crippen molar-refractivity contribution in [3.05, 3.63) is 76.6 Å². The molecule has 2 heterocycles. The highest BCUT2D eigenvalue weighted by Crippen LogP contribution is 2.31. The first-order valence-electron chi connectivity index (χ1n) is 7.15. The average molecular weight is 325 g/mol. The van der Waals surface area contributed by atoms with Crippen LogP contribution in [0.1, 0.15) is 17.8 Å². The van der Waals surface area contributed by atoms with Crippen LogP contribution in [0.4, 0.5) is 4.79 Å². The molecule has 1 aliphatic rings. The summed E-state index contributed by atoms with van der Waals surface area (Å²) in [4.78, 5) is 26.6. The molecule has 1 aliphatic heterocycles. The highest BCUT2D eigenvalue weighted by atomic mass is 32.1. The number of nitrogens with zero attached hydrogens (tertiary/aromatic N) is 1. The van der Waals surface area contributed by atoms with Crippen molar-refractivity contribution in [3.8, 4) is 5.75 Å². The Morgan fingerprint density at radius 1 is 1.13 bits per heavy atom. The Balaban J connectivity index is 1.89. The van der Waals surface area contributed by atoms with Crippen molar-refractivity contribution in [3.63, 3.8) is 0 Å². The maximum absolute atomic E-state index is 12.6. The second kappa shape index (κ2) is 6.62. The molecule has 116 valence electrons. The smallest absolute Gasteiger partial charge is 0.410 e. The van der Waals surface area contributed by atoms with Crippen LogP contribution in [0.3, 0.4) is 0 Å². The highest BCUT2D eigenvalue weighted by molar-refractivity contribution is 7.10. The Labute approximate surface area is 138 Å².